The fourth-order valence-corrected chi connectivity index (χ4v) is 7.82. The van der Waals surface area contributed by atoms with Crippen LogP contribution in [0, 0.1) is 31.1 Å². The van der Waals surface area contributed by atoms with Crippen LogP contribution in [0.1, 0.15) is 89.1 Å². The van der Waals surface area contributed by atoms with Gasteiger partial charge in [0.1, 0.15) is 11.8 Å². The van der Waals surface area contributed by atoms with Crippen molar-refractivity contribution >= 4 is 33.5 Å². The Morgan fingerprint density at radius 3 is 2.40 bits per heavy atom. The van der Waals surface area contributed by atoms with E-state index in [0.29, 0.717) is 41.6 Å². The lowest BCUT2D eigenvalue weighted by Gasteiger charge is -2.33. The second-order valence-electron chi connectivity index (χ2n) is 13.9. The first kappa shape index (κ1) is 36.8. The van der Waals surface area contributed by atoms with Gasteiger partial charge in [-0.1, -0.05) is 82.6 Å². The molecule has 48 heavy (non-hydrogen) atoms. The van der Waals surface area contributed by atoms with Crippen LogP contribution in [-0.2, 0) is 37.4 Å². The largest absolute Gasteiger partial charge is 0.357 e. The number of aromatic nitrogens is 1. The Morgan fingerprint density at radius 2 is 1.81 bits per heavy atom. The minimum Gasteiger partial charge on any atom is -0.357 e. The third kappa shape index (κ3) is 7.99. The van der Waals surface area contributed by atoms with E-state index in [9.17, 15) is 22.8 Å². The van der Waals surface area contributed by atoms with E-state index in [2.05, 4.69) is 15.2 Å². The van der Waals surface area contributed by atoms with Gasteiger partial charge in [0, 0.05) is 42.5 Å². The maximum Gasteiger partial charge on any atom is 0.264 e. The highest BCUT2D eigenvalue weighted by Gasteiger charge is 2.40. The van der Waals surface area contributed by atoms with Crippen LogP contribution in [0.25, 0.3) is 11.1 Å². The summed E-state index contributed by atoms with van der Waals surface area (Å²) in [6.45, 7) is 13.5. The van der Waals surface area contributed by atoms with Crippen LogP contribution in [0.2, 0.25) is 0 Å². The summed E-state index contributed by atoms with van der Waals surface area (Å²) in [6, 6.07) is 11.8. The van der Waals surface area contributed by atoms with Gasteiger partial charge >= 0.3 is 0 Å². The number of carbonyl (C=O) groups is 3. The van der Waals surface area contributed by atoms with Gasteiger partial charge in [0.2, 0.25) is 17.7 Å². The maximum absolute atomic E-state index is 13.8. The van der Waals surface area contributed by atoms with Crippen molar-refractivity contribution in [3.8, 4) is 11.1 Å². The first-order valence-electron chi connectivity index (χ1n) is 16.8. The average molecular weight is 679 g/mol. The second-order valence-corrected chi connectivity index (χ2v) is 15.6. The van der Waals surface area contributed by atoms with Crippen LogP contribution >= 0.6 is 0 Å². The van der Waals surface area contributed by atoms with Crippen LogP contribution in [0.5, 0.6) is 0 Å². The summed E-state index contributed by atoms with van der Waals surface area (Å²) in [4.78, 5) is 41.8. The van der Waals surface area contributed by atoms with Gasteiger partial charge in [-0.25, -0.2) is 13.1 Å². The molecule has 2 aromatic carbocycles. The van der Waals surface area contributed by atoms with E-state index in [-0.39, 0.29) is 46.8 Å². The maximum atomic E-state index is 13.8. The van der Waals surface area contributed by atoms with Crippen molar-refractivity contribution in [2.75, 3.05) is 11.8 Å². The molecule has 2 unspecified atom stereocenters. The molecule has 10 nitrogen and oxygen atoms in total. The molecule has 1 aliphatic carbocycles. The zero-order valence-corrected chi connectivity index (χ0v) is 30.3. The molecule has 2 amide bonds. The second kappa shape index (κ2) is 15.1. The quantitative estimate of drug-likeness (QED) is 0.196. The van der Waals surface area contributed by atoms with E-state index >= 15 is 0 Å². The molecular weight excluding hydrogens is 628 g/mol. The number of Topliss-reactive ketones (excluding diaryl/α,β-unsaturated/α-hetero) is 1. The summed E-state index contributed by atoms with van der Waals surface area (Å²) in [5, 5.41) is 6.60. The van der Waals surface area contributed by atoms with Crippen molar-refractivity contribution < 1.29 is 27.3 Å². The van der Waals surface area contributed by atoms with E-state index in [0.717, 1.165) is 30.4 Å². The van der Waals surface area contributed by atoms with E-state index in [1.165, 1.54) is 0 Å². The first-order valence-corrected chi connectivity index (χ1v) is 18.3. The Hall–Kier alpha value is -3.99. The van der Waals surface area contributed by atoms with Gasteiger partial charge in [0.15, 0.2) is 0 Å². The molecule has 1 fully saturated rings. The number of rotatable bonds is 14. The molecule has 1 aromatic heterocycles. The zero-order valence-electron chi connectivity index (χ0n) is 29.5. The molecule has 2 N–H and O–H groups in total. The number of likely N-dealkylation sites (N-methyl/N-ethyl adjacent to an activating group) is 1. The number of sulfonamides is 1. The number of carbonyl (C=O) groups excluding carboxylic acids is 3. The van der Waals surface area contributed by atoms with E-state index < -0.39 is 21.5 Å². The lowest BCUT2D eigenvalue weighted by atomic mass is 9.85. The Kier molecular flexibility index (Phi) is 11.6. The molecule has 0 spiro atoms. The number of nitrogens with zero attached hydrogens (tertiary/aromatic N) is 2. The summed E-state index contributed by atoms with van der Waals surface area (Å²) >= 11 is 0. The van der Waals surface area contributed by atoms with Gasteiger partial charge in [-0.05, 0) is 68.2 Å². The molecule has 1 heterocycles. The van der Waals surface area contributed by atoms with Gasteiger partial charge in [0.05, 0.1) is 10.6 Å². The van der Waals surface area contributed by atoms with Crippen LogP contribution in [0.3, 0.4) is 0 Å². The summed E-state index contributed by atoms with van der Waals surface area (Å²) < 4.78 is 35.5. The Labute approximate surface area is 285 Å². The van der Waals surface area contributed by atoms with Crippen LogP contribution in [0.4, 0.5) is 5.88 Å². The predicted octanol–water partition coefficient (Wildman–Crippen LogP) is 6.60. The normalized spacial score (nSPS) is 16.6. The smallest absolute Gasteiger partial charge is 0.264 e. The highest BCUT2D eigenvalue weighted by Crippen LogP contribution is 2.41. The van der Waals surface area contributed by atoms with E-state index in [1.54, 1.807) is 50.1 Å². The van der Waals surface area contributed by atoms with Crippen molar-refractivity contribution in [1.29, 1.82) is 0 Å². The summed E-state index contributed by atoms with van der Waals surface area (Å²) in [5.41, 5.74) is 3.51. The molecule has 3 aromatic rings. The Bertz CT molecular complexity index is 1760. The van der Waals surface area contributed by atoms with E-state index in [1.807, 2.05) is 52.8 Å². The number of benzene rings is 2. The van der Waals surface area contributed by atoms with Crippen LogP contribution in [-0.4, -0.2) is 49.2 Å². The van der Waals surface area contributed by atoms with Crippen molar-refractivity contribution in [3.05, 3.63) is 64.8 Å². The highest BCUT2D eigenvalue weighted by atomic mass is 32.2. The SMILES string of the molecule is CCCCC(=O)N(Cc1ccc(-c2ccccc2S(=O)(=O)Nc2onc(C)c2C)c(CC2CCC(C)(C)C2=O)c1)C(C(=O)NC)C(C)C. The van der Waals surface area contributed by atoms with Crippen LogP contribution < -0.4 is 10.0 Å². The third-order valence-electron chi connectivity index (χ3n) is 9.54. The lowest BCUT2D eigenvalue weighted by Crippen LogP contribution is -2.51. The molecule has 2 atom stereocenters. The van der Waals surface area contributed by atoms with Crippen LogP contribution in [0.15, 0.2) is 51.9 Å². The van der Waals surface area contributed by atoms with Gasteiger partial charge in [-0.15, -0.1) is 0 Å². The first-order chi connectivity index (χ1) is 22.6. The van der Waals surface area contributed by atoms with Crippen molar-refractivity contribution in [1.82, 2.24) is 15.4 Å². The molecule has 11 heteroatoms. The number of hydrogen-bond acceptors (Lipinski definition) is 7. The molecule has 0 saturated heterocycles. The fourth-order valence-electron chi connectivity index (χ4n) is 6.55. The van der Waals surface area contributed by atoms with Gasteiger partial charge in [0.25, 0.3) is 10.0 Å². The van der Waals surface area contributed by atoms with Crippen molar-refractivity contribution in [3.63, 3.8) is 0 Å². The summed E-state index contributed by atoms with van der Waals surface area (Å²) in [5.74, 6) is -0.442. The zero-order chi connectivity index (χ0) is 35.4. The Balaban J connectivity index is 1.82. The van der Waals surface area contributed by atoms with Gasteiger partial charge in [-0.2, -0.15) is 0 Å². The topological polar surface area (TPSA) is 139 Å². The molecule has 0 radical (unpaired) electrons. The molecule has 1 saturated carbocycles. The fraction of sp³-hybridized carbons (Fsp3) is 0.514. The monoisotopic (exact) mass is 678 g/mol. The third-order valence-corrected chi connectivity index (χ3v) is 10.9. The number of hydrogen-bond donors (Lipinski definition) is 2. The lowest BCUT2D eigenvalue weighted by molar-refractivity contribution is -0.142. The number of anilines is 1. The average Bonchev–Trinajstić information content (AvgIpc) is 3.49. The number of aryl methyl sites for hydroxylation is 1. The number of amides is 2. The molecule has 0 aliphatic heterocycles. The predicted molar refractivity (Wildman–Crippen MR) is 187 cm³/mol. The van der Waals surface area contributed by atoms with E-state index in [4.69, 9.17) is 4.52 Å². The number of nitrogens with one attached hydrogen (secondary N) is 2. The molecule has 260 valence electrons. The molecule has 4 rings (SSSR count). The molecule has 0 bridgehead atoms. The number of ketones is 1. The summed E-state index contributed by atoms with van der Waals surface area (Å²) in [6.07, 6.45) is 3.82. The minimum absolute atomic E-state index is 0.0558. The highest BCUT2D eigenvalue weighted by molar-refractivity contribution is 7.92. The summed E-state index contributed by atoms with van der Waals surface area (Å²) in [7, 11) is -2.53. The van der Waals surface area contributed by atoms with Crippen molar-refractivity contribution in [2.24, 2.45) is 17.3 Å². The van der Waals surface area contributed by atoms with Gasteiger partial charge < -0.3 is 14.7 Å². The molecule has 1 aliphatic rings. The molecular formula is C37H50N4O6S. The number of unbranched alkanes of at least 4 members (excludes halogenated alkanes) is 1. The minimum atomic E-state index is -4.11. The van der Waals surface area contributed by atoms with Crippen molar-refractivity contribution in [2.45, 2.75) is 104 Å². The Morgan fingerprint density at radius 1 is 1.10 bits per heavy atom. The standard InChI is InChI=1S/C37H50N4O6S/c1-9-10-15-32(42)41(33(23(2)3)35(44)38-8)22-26-16-17-29(28(20-26)21-27-18-19-37(6,7)34(27)43)30-13-11-12-14-31(30)48(45,46)40-36-24(4)25(5)39-47-36/h11-14,16-17,20,23,27,33,40H,9-10,15,18-19,21-22H2,1-8H3,(H,38,44). The van der Waals surface area contributed by atoms with Gasteiger partial charge in [-0.3, -0.25) is 14.4 Å².